The van der Waals surface area contributed by atoms with Gasteiger partial charge in [-0.25, -0.2) is 4.79 Å². The first kappa shape index (κ1) is 15.0. The number of nitrogens with one attached hydrogen (secondary N) is 1. The molecule has 0 aromatic heterocycles. The first-order chi connectivity index (χ1) is 9.90. The second-order valence-corrected chi connectivity index (χ2v) is 5.30. The molecule has 0 aliphatic heterocycles. The van der Waals surface area contributed by atoms with Crippen LogP contribution in [0.25, 0.3) is 0 Å². The van der Waals surface area contributed by atoms with E-state index in [2.05, 4.69) is 5.32 Å². The maximum absolute atomic E-state index is 12.2. The Morgan fingerprint density at radius 2 is 2.10 bits per heavy atom. The van der Waals surface area contributed by atoms with Gasteiger partial charge in [-0.2, -0.15) is 0 Å². The fraction of sp³-hybridized carbons (Fsp3) is 0.429. The number of carboxylic acids is 1. The molecule has 1 aromatic rings. The van der Waals surface area contributed by atoms with Gasteiger partial charge >= 0.3 is 5.97 Å². The summed E-state index contributed by atoms with van der Waals surface area (Å²) in [6.45, 7) is 1.97. The minimum absolute atomic E-state index is 0.0270. The van der Waals surface area contributed by atoms with Gasteiger partial charge in [0.1, 0.15) is 0 Å². The van der Waals surface area contributed by atoms with E-state index in [4.69, 9.17) is 5.11 Å². The van der Waals surface area contributed by atoms with Crippen molar-refractivity contribution in [1.29, 1.82) is 0 Å². The van der Waals surface area contributed by atoms with E-state index in [-0.39, 0.29) is 34.7 Å². The molecule has 2 N–H and O–H groups in total. The summed E-state index contributed by atoms with van der Waals surface area (Å²) in [5.41, 5.74) is -0.435. The van der Waals surface area contributed by atoms with Crippen LogP contribution in [0.2, 0.25) is 0 Å². The first-order valence-corrected chi connectivity index (χ1v) is 6.72. The third kappa shape index (κ3) is 3.18. The number of nitro benzene ring substituents is 1. The summed E-state index contributed by atoms with van der Waals surface area (Å²) in [4.78, 5) is 33.5. The number of anilines is 1. The molecule has 1 fully saturated rings. The van der Waals surface area contributed by atoms with Crippen LogP contribution >= 0.6 is 0 Å². The molecule has 21 heavy (non-hydrogen) atoms. The number of nitrogens with zero attached hydrogens (tertiary/aromatic N) is 1. The Labute approximate surface area is 121 Å². The highest BCUT2D eigenvalue weighted by atomic mass is 16.6. The number of hydrogen-bond acceptors (Lipinski definition) is 4. The maximum atomic E-state index is 12.2. The fourth-order valence-corrected chi connectivity index (χ4v) is 2.70. The molecule has 2 atom stereocenters. The van der Waals surface area contributed by atoms with Crippen molar-refractivity contribution >= 4 is 23.3 Å². The number of hydrogen-bond donors (Lipinski definition) is 2. The van der Waals surface area contributed by atoms with Crippen molar-refractivity contribution in [2.24, 2.45) is 11.8 Å². The van der Waals surface area contributed by atoms with Crippen molar-refractivity contribution in [1.82, 2.24) is 0 Å². The Balaban J connectivity index is 2.28. The van der Waals surface area contributed by atoms with E-state index in [0.717, 1.165) is 37.5 Å². The van der Waals surface area contributed by atoms with Gasteiger partial charge in [0, 0.05) is 18.1 Å². The lowest BCUT2D eigenvalue weighted by Gasteiger charge is -2.16. The molecule has 7 heteroatoms. The van der Waals surface area contributed by atoms with Crippen molar-refractivity contribution < 1.29 is 19.6 Å². The average molecular weight is 292 g/mol. The molecule has 2 rings (SSSR count). The van der Waals surface area contributed by atoms with Gasteiger partial charge in [0.2, 0.25) is 5.91 Å². The molecule has 1 amide bonds. The van der Waals surface area contributed by atoms with Crippen molar-refractivity contribution in [2.75, 3.05) is 5.32 Å². The number of non-ortho nitro benzene ring substituents is 1. The van der Waals surface area contributed by atoms with Gasteiger partial charge < -0.3 is 10.4 Å². The molecule has 1 aliphatic carbocycles. The number of amides is 1. The zero-order valence-electron chi connectivity index (χ0n) is 11.5. The SMILES string of the molecule is CC1CCCC1C(=O)Nc1cc([N+](=O)[O-])ccc1C(=O)O. The summed E-state index contributed by atoms with van der Waals surface area (Å²) >= 11 is 0. The van der Waals surface area contributed by atoms with E-state index >= 15 is 0 Å². The van der Waals surface area contributed by atoms with Gasteiger partial charge in [-0.3, -0.25) is 14.9 Å². The molecule has 1 aromatic carbocycles. The van der Waals surface area contributed by atoms with Crippen LogP contribution < -0.4 is 5.32 Å². The molecule has 112 valence electrons. The number of carboxylic acid groups (broad SMARTS) is 1. The lowest BCUT2D eigenvalue weighted by Crippen LogP contribution is -2.25. The minimum atomic E-state index is -1.24. The van der Waals surface area contributed by atoms with Gasteiger partial charge in [-0.15, -0.1) is 0 Å². The fourth-order valence-electron chi connectivity index (χ4n) is 2.70. The van der Waals surface area contributed by atoms with E-state index in [1.54, 1.807) is 0 Å². The lowest BCUT2D eigenvalue weighted by molar-refractivity contribution is -0.384. The molecule has 0 heterocycles. The molecule has 1 aliphatic rings. The number of nitro groups is 1. The van der Waals surface area contributed by atoms with E-state index in [0.29, 0.717) is 0 Å². The molecule has 7 nitrogen and oxygen atoms in total. The van der Waals surface area contributed by atoms with Crippen LogP contribution in [-0.4, -0.2) is 21.9 Å². The van der Waals surface area contributed by atoms with Crippen LogP contribution in [0.4, 0.5) is 11.4 Å². The topological polar surface area (TPSA) is 110 Å². The molecule has 0 bridgehead atoms. The normalized spacial score (nSPS) is 21.0. The summed E-state index contributed by atoms with van der Waals surface area (Å²) in [5.74, 6) is -1.45. The van der Waals surface area contributed by atoms with Crippen LogP contribution in [0.3, 0.4) is 0 Å². The third-order valence-corrected chi connectivity index (χ3v) is 3.90. The molecule has 0 spiro atoms. The lowest BCUT2D eigenvalue weighted by atomic mass is 9.97. The molecule has 1 saturated carbocycles. The van der Waals surface area contributed by atoms with Crippen molar-refractivity contribution in [3.8, 4) is 0 Å². The first-order valence-electron chi connectivity index (χ1n) is 6.72. The average Bonchev–Trinajstić information content (AvgIpc) is 2.84. The summed E-state index contributed by atoms with van der Waals surface area (Å²) in [5, 5.41) is 22.4. The third-order valence-electron chi connectivity index (χ3n) is 3.90. The molecule has 0 radical (unpaired) electrons. The second kappa shape index (κ2) is 5.90. The number of carbonyl (C=O) groups is 2. The Morgan fingerprint density at radius 1 is 1.38 bits per heavy atom. The Kier molecular flexibility index (Phi) is 4.21. The monoisotopic (exact) mass is 292 g/mol. The van der Waals surface area contributed by atoms with Crippen molar-refractivity contribution in [3.05, 3.63) is 33.9 Å². The van der Waals surface area contributed by atoms with E-state index in [1.807, 2.05) is 6.92 Å². The minimum Gasteiger partial charge on any atom is -0.478 e. The van der Waals surface area contributed by atoms with E-state index < -0.39 is 10.9 Å². The summed E-state index contributed by atoms with van der Waals surface area (Å²) < 4.78 is 0. The molecule has 0 saturated heterocycles. The maximum Gasteiger partial charge on any atom is 0.337 e. The van der Waals surface area contributed by atoms with Gasteiger partial charge in [0.05, 0.1) is 16.2 Å². The highest BCUT2D eigenvalue weighted by Gasteiger charge is 2.30. The number of carbonyl (C=O) groups excluding carboxylic acids is 1. The Morgan fingerprint density at radius 3 is 2.62 bits per heavy atom. The highest BCUT2D eigenvalue weighted by molar-refractivity contribution is 6.01. The van der Waals surface area contributed by atoms with Gasteiger partial charge in [-0.1, -0.05) is 13.3 Å². The Hall–Kier alpha value is -2.44. The highest BCUT2D eigenvalue weighted by Crippen LogP contribution is 2.33. The Bertz CT molecular complexity index is 599. The second-order valence-electron chi connectivity index (χ2n) is 5.30. The summed E-state index contributed by atoms with van der Waals surface area (Å²) in [7, 11) is 0. The zero-order valence-corrected chi connectivity index (χ0v) is 11.5. The predicted molar refractivity (Wildman–Crippen MR) is 75.2 cm³/mol. The number of rotatable bonds is 4. The van der Waals surface area contributed by atoms with Crippen molar-refractivity contribution in [2.45, 2.75) is 26.2 Å². The van der Waals surface area contributed by atoms with E-state index in [9.17, 15) is 19.7 Å². The summed E-state index contributed by atoms with van der Waals surface area (Å²) in [6, 6.07) is 3.33. The van der Waals surface area contributed by atoms with Gasteiger partial charge in [0.15, 0.2) is 0 Å². The van der Waals surface area contributed by atoms with Gasteiger partial charge in [0.25, 0.3) is 5.69 Å². The number of benzene rings is 1. The number of aromatic carboxylic acids is 1. The van der Waals surface area contributed by atoms with Crippen LogP contribution in [0.5, 0.6) is 0 Å². The standard InChI is InChI=1S/C14H16N2O5/c1-8-3-2-4-10(8)13(17)15-12-7-9(16(20)21)5-6-11(12)14(18)19/h5-8,10H,2-4H2,1H3,(H,15,17)(H,18,19). The van der Waals surface area contributed by atoms with Crippen LogP contribution in [0.1, 0.15) is 36.5 Å². The largest absolute Gasteiger partial charge is 0.478 e. The smallest absolute Gasteiger partial charge is 0.337 e. The molecular formula is C14H16N2O5. The van der Waals surface area contributed by atoms with Gasteiger partial charge in [-0.05, 0) is 24.8 Å². The van der Waals surface area contributed by atoms with E-state index in [1.165, 1.54) is 0 Å². The van der Waals surface area contributed by atoms with Crippen LogP contribution in [0, 0.1) is 22.0 Å². The zero-order chi connectivity index (χ0) is 15.6. The molecule has 2 unspecified atom stereocenters. The van der Waals surface area contributed by atoms with Crippen LogP contribution in [0.15, 0.2) is 18.2 Å². The quantitative estimate of drug-likeness (QED) is 0.655. The van der Waals surface area contributed by atoms with Crippen molar-refractivity contribution in [3.63, 3.8) is 0 Å². The predicted octanol–water partition coefficient (Wildman–Crippen LogP) is 2.67. The van der Waals surface area contributed by atoms with Crippen LogP contribution in [-0.2, 0) is 4.79 Å². The summed E-state index contributed by atoms with van der Waals surface area (Å²) in [6.07, 6.45) is 2.67. The molecular weight excluding hydrogens is 276 g/mol.